The molecule has 4 aromatic rings. The molecule has 27 heavy (non-hydrogen) atoms. The number of rotatable bonds is 3. The highest BCUT2D eigenvalue weighted by molar-refractivity contribution is 7.15. The molecular formula is C18H11ClF2N3O2S+. The lowest BCUT2D eigenvalue weighted by Gasteiger charge is -2.08. The third kappa shape index (κ3) is 2.96. The Hall–Kier alpha value is -2.84. The maximum absolute atomic E-state index is 14.3. The fourth-order valence-corrected chi connectivity index (χ4v) is 3.81. The minimum atomic E-state index is -1.22. The average Bonchev–Trinajstić information content (AvgIpc) is 3.14. The Labute approximate surface area is 160 Å². The zero-order chi connectivity index (χ0) is 19.1. The van der Waals surface area contributed by atoms with Crippen LogP contribution in [-0.2, 0) is 6.42 Å². The number of nitrogens with zero attached hydrogens (tertiary/aromatic N) is 3. The van der Waals surface area contributed by atoms with Gasteiger partial charge in [0.2, 0.25) is 10.6 Å². The summed E-state index contributed by atoms with van der Waals surface area (Å²) in [5, 5.41) is 12.8. The molecule has 5 nitrogen and oxygen atoms in total. The zero-order valence-electron chi connectivity index (χ0n) is 13.6. The molecular weight excluding hydrogens is 396 g/mol. The Bertz CT molecular complexity index is 1220. The van der Waals surface area contributed by atoms with Crippen LogP contribution in [0.1, 0.15) is 11.1 Å². The molecule has 4 rings (SSSR count). The van der Waals surface area contributed by atoms with E-state index in [1.54, 1.807) is 23.7 Å². The fraction of sp³-hybridized carbons (Fsp3) is 0.0556. The van der Waals surface area contributed by atoms with Gasteiger partial charge in [-0.2, -0.15) is 13.6 Å². The molecule has 0 atom stereocenters. The largest absolute Gasteiger partial charge is 0.512 e. The molecule has 1 N–H and O–H groups in total. The van der Waals surface area contributed by atoms with E-state index in [2.05, 4.69) is 4.98 Å². The molecule has 0 spiro atoms. The lowest BCUT2D eigenvalue weighted by molar-refractivity contribution is -0.530. The topological polar surface area (TPSA) is 59.2 Å². The van der Waals surface area contributed by atoms with Gasteiger partial charge in [0.05, 0.1) is 0 Å². The Kier molecular flexibility index (Phi) is 4.37. The molecule has 0 aliphatic heterocycles. The normalized spacial score (nSPS) is 11.2. The highest BCUT2D eigenvalue weighted by Gasteiger charge is 2.28. The molecule has 0 amide bonds. The van der Waals surface area contributed by atoms with Crippen LogP contribution in [-0.4, -0.2) is 14.7 Å². The molecule has 0 radical (unpaired) electrons. The van der Waals surface area contributed by atoms with E-state index in [1.807, 2.05) is 0 Å². The molecule has 0 aliphatic carbocycles. The van der Waals surface area contributed by atoms with Crippen molar-refractivity contribution in [1.29, 1.82) is 0 Å². The van der Waals surface area contributed by atoms with Crippen molar-refractivity contribution in [3.63, 3.8) is 0 Å². The summed E-state index contributed by atoms with van der Waals surface area (Å²) in [5.41, 5.74) is 0.0482. The van der Waals surface area contributed by atoms with E-state index in [4.69, 9.17) is 11.6 Å². The molecule has 0 bridgehead atoms. The first kappa shape index (κ1) is 17.6. The van der Waals surface area contributed by atoms with Crippen molar-refractivity contribution >= 4 is 27.8 Å². The van der Waals surface area contributed by atoms with E-state index >= 15 is 0 Å². The minimum absolute atomic E-state index is 0.219. The summed E-state index contributed by atoms with van der Waals surface area (Å²) in [5.74, 6) is -2.79. The van der Waals surface area contributed by atoms with E-state index in [0.717, 1.165) is 16.2 Å². The van der Waals surface area contributed by atoms with Crippen molar-refractivity contribution in [1.82, 2.24) is 9.55 Å². The summed E-state index contributed by atoms with van der Waals surface area (Å²) in [6, 6.07) is 6.78. The third-order valence-electron chi connectivity index (χ3n) is 4.09. The van der Waals surface area contributed by atoms with Crippen molar-refractivity contribution in [3.05, 3.63) is 86.5 Å². The van der Waals surface area contributed by atoms with Crippen molar-refractivity contribution in [2.75, 3.05) is 0 Å². The van der Waals surface area contributed by atoms with Gasteiger partial charge in [0.1, 0.15) is 16.9 Å². The first-order valence-corrected chi connectivity index (χ1v) is 9.03. The second-order valence-corrected chi connectivity index (χ2v) is 7.02. The molecule has 3 aromatic heterocycles. The van der Waals surface area contributed by atoms with Crippen LogP contribution < -0.4 is 10.1 Å². The van der Waals surface area contributed by atoms with Crippen molar-refractivity contribution in [2.45, 2.75) is 6.42 Å². The number of thiazole rings is 1. The summed E-state index contributed by atoms with van der Waals surface area (Å²) in [4.78, 5) is 17.3. The highest BCUT2D eigenvalue weighted by atomic mass is 35.5. The van der Waals surface area contributed by atoms with E-state index in [1.165, 1.54) is 34.1 Å². The Balaban J connectivity index is 1.99. The maximum Gasteiger partial charge on any atom is 0.512 e. The van der Waals surface area contributed by atoms with Crippen LogP contribution in [0.2, 0.25) is 5.15 Å². The Morgan fingerprint density at radius 3 is 2.81 bits per heavy atom. The molecule has 0 saturated carbocycles. The lowest BCUT2D eigenvalue weighted by Crippen LogP contribution is -2.45. The zero-order valence-corrected chi connectivity index (χ0v) is 15.1. The SMILES string of the molecule is O=c1n(-c2cccc(F)c2F)c(O)c(Cc2ccc(Cl)nc2)c2scc[n+]12. The molecule has 9 heteroatoms. The van der Waals surface area contributed by atoms with Crippen LogP contribution in [0.4, 0.5) is 8.78 Å². The van der Waals surface area contributed by atoms with Crippen LogP contribution in [0.5, 0.6) is 5.88 Å². The summed E-state index contributed by atoms with van der Waals surface area (Å²) in [6.45, 7) is 0. The molecule has 0 unspecified atom stereocenters. The van der Waals surface area contributed by atoms with Crippen LogP contribution in [0.3, 0.4) is 0 Å². The standard InChI is InChI=1S/C18H10ClF2N3O2S/c19-14-5-4-10(9-22-14)8-11-16(25)24(13-3-1-2-12(20)15(13)21)18(26)23-6-7-27-17(11)23/h1-7,9H,8H2/p+1. The average molecular weight is 407 g/mol. The fourth-order valence-electron chi connectivity index (χ4n) is 2.83. The first-order valence-electron chi connectivity index (χ1n) is 7.78. The van der Waals surface area contributed by atoms with Gasteiger partial charge in [0, 0.05) is 18.0 Å². The number of benzene rings is 1. The van der Waals surface area contributed by atoms with Crippen LogP contribution in [0.25, 0.3) is 10.5 Å². The van der Waals surface area contributed by atoms with Gasteiger partial charge in [0.15, 0.2) is 11.5 Å². The van der Waals surface area contributed by atoms with E-state index in [-0.39, 0.29) is 12.1 Å². The van der Waals surface area contributed by atoms with Gasteiger partial charge in [-0.3, -0.25) is 0 Å². The quantitative estimate of drug-likeness (QED) is 0.419. The van der Waals surface area contributed by atoms with E-state index in [0.29, 0.717) is 15.5 Å². The van der Waals surface area contributed by atoms with Crippen molar-refractivity contribution < 1.29 is 18.3 Å². The number of aromatic hydroxyl groups is 1. The second kappa shape index (κ2) is 6.71. The number of fused-ring (bicyclic) bond motifs is 1. The van der Waals surface area contributed by atoms with Gasteiger partial charge in [0.25, 0.3) is 5.88 Å². The number of aromatic nitrogens is 3. The Morgan fingerprint density at radius 2 is 2.07 bits per heavy atom. The van der Waals surface area contributed by atoms with E-state index < -0.39 is 23.2 Å². The first-order chi connectivity index (χ1) is 13.0. The van der Waals surface area contributed by atoms with Gasteiger partial charge >= 0.3 is 5.69 Å². The minimum Gasteiger partial charge on any atom is -0.477 e. The van der Waals surface area contributed by atoms with E-state index in [9.17, 15) is 18.7 Å². The number of hydrogen-bond acceptors (Lipinski definition) is 4. The number of halogens is 3. The molecule has 136 valence electrons. The molecule has 0 aliphatic rings. The lowest BCUT2D eigenvalue weighted by atomic mass is 10.1. The second-order valence-electron chi connectivity index (χ2n) is 5.74. The third-order valence-corrected chi connectivity index (χ3v) is 5.24. The maximum atomic E-state index is 14.3. The molecule has 3 heterocycles. The predicted molar refractivity (Wildman–Crippen MR) is 96.7 cm³/mol. The Morgan fingerprint density at radius 1 is 1.26 bits per heavy atom. The molecule has 0 fully saturated rings. The van der Waals surface area contributed by atoms with Gasteiger partial charge < -0.3 is 5.11 Å². The van der Waals surface area contributed by atoms with Gasteiger partial charge in [-0.15, -0.1) is 4.57 Å². The summed E-state index contributed by atoms with van der Waals surface area (Å²) < 4.78 is 30.0. The van der Waals surface area contributed by atoms with Crippen LogP contribution >= 0.6 is 22.9 Å². The number of hydrogen-bond donors (Lipinski definition) is 1. The molecule has 1 aromatic carbocycles. The summed E-state index contributed by atoms with van der Waals surface area (Å²) >= 11 is 7.05. The van der Waals surface area contributed by atoms with Crippen molar-refractivity contribution in [2.24, 2.45) is 0 Å². The van der Waals surface area contributed by atoms with Gasteiger partial charge in [-0.25, -0.2) is 9.37 Å². The smallest absolute Gasteiger partial charge is 0.477 e. The van der Waals surface area contributed by atoms with Gasteiger partial charge in [-0.05, 0) is 23.8 Å². The molecule has 0 saturated heterocycles. The predicted octanol–water partition coefficient (Wildman–Crippen LogP) is 3.26. The van der Waals surface area contributed by atoms with Crippen LogP contribution in [0.15, 0.2) is 52.9 Å². The number of pyridine rings is 1. The summed E-state index contributed by atoms with van der Waals surface area (Å²) in [6.07, 6.45) is 3.28. The van der Waals surface area contributed by atoms with Gasteiger partial charge in [-0.1, -0.05) is 35.1 Å². The van der Waals surface area contributed by atoms with Crippen LogP contribution in [0, 0.1) is 11.6 Å². The summed E-state index contributed by atoms with van der Waals surface area (Å²) in [7, 11) is 0. The monoisotopic (exact) mass is 406 g/mol. The highest BCUT2D eigenvalue weighted by Crippen LogP contribution is 2.28. The van der Waals surface area contributed by atoms with Crippen molar-refractivity contribution in [3.8, 4) is 11.6 Å².